The molecule has 4 rings (SSSR count). The molecule has 4 aliphatic rings. The zero-order valence-corrected chi connectivity index (χ0v) is 17.6. The molecule has 4 N–H and O–H groups in total. The fourth-order valence-electron chi connectivity index (χ4n) is 5.66. The fourth-order valence-corrected chi connectivity index (χ4v) is 5.66. The maximum absolute atomic E-state index is 13.1. The van der Waals surface area contributed by atoms with Crippen LogP contribution in [0.2, 0.25) is 0 Å². The van der Waals surface area contributed by atoms with Crippen LogP contribution in [-0.4, -0.2) is 53.8 Å². The van der Waals surface area contributed by atoms with Gasteiger partial charge in [-0.25, -0.2) is 0 Å². The standard InChI is InChI=1S/C23H34N4O3/c24-20(28)17-5-3-6-18(14-17)21(29)25-15-16-7-8-19(13-16)26-22(30)23-9-1-2-11-27(23)12-4-10-23/h1-2,7-8,16-19H,3-6,9-15H2,(H2,24,28)(H,25,29)(H,26,30)/t16-,17?,18?,19+,23?/m0/s1. The third-order valence-corrected chi connectivity index (χ3v) is 7.47. The number of amides is 3. The summed E-state index contributed by atoms with van der Waals surface area (Å²) >= 11 is 0. The predicted molar refractivity (Wildman–Crippen MR) is 114 cm³/mol. The Labute approximate surface area is 178 Å². The molecule has 2 aliphatic carbocycles. The van der Waals surface area contributed by atoms with E-state index in [1.54, 1.807) is 0 Å². The highest BCUT2D eigenvalue weighted by molar-refractivity contribution is 5.87. The van der Waals surface area contributed by atoms with Crippen LogP contribution in [0, 0.1) is 17.8 Å². The van der Waals surface area contributed by atoms with Crippen molar-refractivity contribution >= 4 is 17.7 Å². The number of carbonyl (C=O) groups excluding carboxylic acids is 3. The van der Waals surface area contributed by atoms with Crippen molar-refractivity contribution in [3.63, 3.8) is 0 Å². The molecule has 0 aromatic rings. The number of nitrogens with two attached hydrogens (primary N) is 1. The number of fused-ring (bicyclic) bond motifs is 1. The zero-order valence-electron chi connectivity index (χ0n) is 17.6. The van der Waals surface area contributed by atoms with E-state index in [1.807, 2.05) is 0 Å². The molecule has 5 atom stereocenters. The molecule has 164 valence electrons. The molecule has 30 heavy (non-hydrogen) atoms. The van der Waals surface area contributed by atoms with Crippen molar-refractivity contribution in [3.8, 4) is 0 Å². The maximum Gasteiger partial charge on any atom is 0.241 e. The number of hydrogen-bond acceptors (Lipinski definition) is 4. The summed E-state index contributed by atoms with van der Waals surface area (Å²) in [5, 5.41) is 6.30. The molecular weight excluding hydrogens is 380 g/mol. The van der Waals surface area contributed by atoms with Gasteiger partial charge in [0, 0.05) is 31.0 Å². The van der Waals surface area contributed by atoms with Crippen molar-refractivity contribution in [1.29, 1.82) is 0 Å². The molecule has 0 radical (unpaired) electrons. The van der Waals surface area contributed by atoms with Gasteiger partial charge in [0.1, 0.15) is 5.54 Å². The summed E-state index contributed by atoms with van der Waals surface area (Å²) in [6.07, 6.45) is 15.1. The summed E-state index contributed by atoms with van der Waals surface area (Å²) in [5.41, 5.74) is 5.05. The van der Waals surface area contributed by atoms with Gasteiger partial charge in [0.05, 0.1) is 0 Å². The highest BCUT2D eigenvalue weighted by Gasteiger charge is 2.47. The number of nitrogens with one attached hydrogen (secondary N) is 2. The molecule has 2 heterocycles. The Bertz CT molecular complexity index is 749. The molecule has 3 unspecified atom stereocenters. The number of primary amides is 1. The van der Waals surface area contributed by atoms with Gasteiger partial charge in [-0.15, -0.1) is 0 Å². The molecule has 0 aromatic carbocycles. The Morgan fingerprint density at radius 3 is 2.73 bits per heavy atom. The van der Waals surface area contributed by atoms with Gasteiger partial charge in [-0.1, -0.05) is 30.7 Å². The van der Waals surface area contributed by atoms with Crippen molar-refractivity contribution in [2.24, 2.45) is 23.5 Å². The van der Waals surface area contributed by atoms with Crippen molar-refractivity contribution < 1.29 is 14.4 Å². The van der Waals surface area contributed by atoms with Gasteiger partial charge in [-0.3, -0.25) is 19.3 Å². The minimum Gasteiger partial charge on any atom is -0.369 e. The van der Waals surface area contributed by atoms with Gasteiger partial charge in [-0.05, 0) is 57.4 Å². The molecular formula is C23H34N4O3. The van der Waals surface area contributed by atoms with Gasteiger partial charge >= 0.3 is 0 Å². The van der Waals surface area contributed by atoms with Gasteiger partial charge in [-0.2, -0.15) is 0 Å². The van der Waals surface area contributed by atoms with Crippen LogP contribution in [0.4, 0.5) is 0 Å². The first-order valence-electron chi connectivity index (χ1n) is 11.4. The fraction of sp³-hybridized carbons (Fsp3) is 0.696. The van der Waals surface area contributed by atoms with E-state index in [9.17, 15) is 14.4 Å². The summed E-state index contributed by atoms with van der Waals surface area (Å²) in [5.74, 6) is -0.204. The monoisotopic (exact) mass is 414 g/mol. The third kappa shape index (κ3) is 4.31. The highest BCUT2D eigenvalue weighted by atomic mass is 16.2. The van der Waals surface area contributed by atoms with Gasteiger partial charge in [0.25, 0.3) is 0 Å². The third-order valence-electron chi connectivity index (χ3n) is 7.47. The molecule has 3 amide bonds. The second-order valence-electron chi connectivity index (χ2n) is 9.43. The number of nitrogens with zero attached hydrogens (tertiary/aromatic N) is 1. The lowest BCUT2D eigenvalue weighted by Crippen LogP contribution is -2.57. The second-order valence-corrected chi connectivity index (χ2v) is 9.43. The quantitative estimate of drug-likeness (QED) is 0.569. The van der Waals surface area contributed by atoms with Crippen LogP contribution < -0.4 is 16.4 Å². The Balaban J connectivity index is 1.23. The van der Waals surface area contributed by atoms with Crippen LogP contribution in [0.1, 0.15) is 51.4 Å². The van der Waals surface area contributed by atoms with E-state index in [1.165, 1.54) is 0 Å². The van der Waals surface area contributed by atoms with E-state index >= 15 is 0 Å². The van der Waals surface area contributed by atoms with E-state index in [4.69, 9.17) is 5.73 Å². The minimum absolute atomic E-state index is 0.0241. The average Bonchev–Trinajstić information content (AvgIpc) is 3.39. The van der Waals surface area contributed by atoms with E-state index in [0.717, 1.165) is 58.0 Å². The summed E-state index contributed by atoms with van der Waals surface area (Å²) < 4.78 is 0. The van der Waals surface area contributed by atoms with Crippen LogP contribution in [0.5, 0.6) is 0 Å². The lowest BCUT2D eigenvalue weighted by Gasteiger charge is -2.39. The van der Waals surface area contributed by atoms with Crippen LogP contribution in [0.25, 0.3) is 0 Å². The lowest BCUT2D eigenvalue weighted by atomic mass is 9.80. The van der Waals surface area contributed by atoms with Crippen molar-refractivity contribution in [2.45, 2.75) is 62.9 Å². The Morgan fingerprint density at radius 1 is 1.07 bits per heavy atom. The SMILES string of the molecule is NC(=O)C1CCCC(C(=O)NC[C@H]2C=C[C@@H](NC(=O)C34CC=CCN3CCC4)C2)C1. The van der Waals surface area contributed by atoms with Gasteiger partial charge in [0.2, 0.25) is 17.7 Å². The predicted octanol–water partition coefficient (Wildman–Crippen LogP) is 1.25. The van der Waals surface area contributed by atoms with E-state index in [2.05, 4.69) is 39.8 Å². The summed E-state index contributed by atoms with van der Waals surface area (Å²) in [4.78, 5) is 39.4. The second kappa shape index (κ2) is 8.92. The first-order chi connectivity index (χ1) is 14.5. The van der Waals surface area contributed by atoms with Crippen molar-refractivity contribution in [1.82, 2.24) is 15.5 Å². The van der Waals surface area contributed by atoms with E-state index in [0.29, 0.717) is 13.0 Å². The van der Waals surface area contributed by atoms with Crippen LogP contribution in [0.15, 0.2) is 24.3 Å². The maximum atomic E-state index is 13.1. The largest absolute Gasteiger partial charge is 0.369 e. The molecule has 1 saturated carbocycles. The normalized spacial score (nSPS) is 35.7. The summed E-state index contributed by atoms with van der Waals surface area (Å²) in [6.45, 7) is 2.42. The van der Waals surface area contributed by atoms with Gasteiger partial charge in [0.15, 0.2) is 0 Å². The first-order valence-corrected chi connectivity index (χ1v) is 11.4. The van der Waals surface area contributed by atoms with Crippen LogP contribution in [0.3, 0.4) is 0 Å². The molecule has 7 heteroatoms. The Kier molecular flexibility index (Phi) is 6.27. The van der Waals surface area contributed by atoms with Crippen molar-refractivity contribution in [3.05, 3.63) is 24.3 Å². The van der Waals surface area contributed by atoms with E-state index in [-0.39, 0.29) is 47.1 Å². The Morgan fingerprint density at radius 2 is 1.90 bits per heavy atom. The molecule has 7 nitrogen and oxygen atoms in total. The molecule has 1 saturated heterocycles. The van der Waals surface area contributed by atoms with Crippen molar-refractivity contribution in [2.75, 3.05) is 19.6 Å². The summed E-state index contributed by atoms with van der Waals surface area (Å²) in [6, 6.07) is 0.0241. The number of carbonyl (C=O) groups is 3. The van der Waals surface area contributed by atoms with Gasteiger partial charge < -0.3 is 16.4 Å². The average molecular weight is 415 g/mol. The number of rotatable bonds is 6. The molecule has 2 fully saturated rings. The topological polar surface area (TPSA) is 105 Å². The summed E-state index contributed by atoms with van der Waals surface area (Å²) in [7, 11) is 0. The van der Waals surface area contributed by atoms with Crippen LogP contribution >= 0.6 is 0 Å². The molecule has 0 bridgehead atoms. The molecule has 2 aliphatic heterocycles. The number of hydrogen-bond donors (Lipinski definition) is 3. The lowest BCUT2D eigenvalue weighted by molar-refractivity contribution is -0.132. The minimum atomic E-state index is -0.368. The first kappa shape index (κ1) is 21.1. The smallest absolute Gasteiger partial charge is 0.241 e. The molecule has 0 spiro atoms. The van der Waals surface area contributed by atoms with E-state index < -0.39 is 0 Å². The van der Waals surface area contributed by atoms with Crippen LogP contribution in [-0.2, 0) is 14.4 Å². The zero-order chi connectivity index (χ0) is 21.1. The highest BCUT2D eigenvalue weighted by Crippen LogP contribution is 2.36. The molecule has 0 aromatic heterocycles. The Hall–Kier alpha value is -2.15.